The lowest BCUT2D eigenvalue weighted by molar-refractivity contribution is 0.0942. The fourth-order valence-corrected chi connectivity index (χ4v) is 6.10. The highest BCUT2D eigenvalue weighted by Gasteiger charge is 2.29. The third kappa shape index (κ3) is 4.46. The summed E-state index contributed by atoms with van der Waals surface area (Å²) >= 11 is 0. The lowest BCUT2D eigenvalue weighted by Crippen LogP contribution is -2.36. The van der Waals surface area contributed by atoms with Crippen molar-refractivity contribution >= 4 is 32.3 Å². The molecular formula is C23H31N3O3S. The molecule has 1 saturated carbocycles. The largest absolute Gasteiger partial charge is 0.398 e. The molecule has 1 atom stereocenters. The Morgan fingerprint density at radius 1 is 1.20 bits per heavy atom. The van der Waals surface area contributed by atoms with E-state index in [4.69, 9.17) is 10.7 Å². The van der Waals surface area contributed by atoms with Gasteiger partial charge in [0.25, 0.3) is 5.91 Å². The van der Waals surface area contributed by atoms with Gasteiger partial charge in [-0.2, -0.15) is 0 Å². The van der Waals surface area contributed by atoms with Crippen LogP contribution in [-0.4, -0.2) is 37.4 Å². The van der Waals surface area contributed by atoms with E-state index in [2.05, 4.69) is 38.2 Å². The summed E-state index contributed by atoms with van der Waals surface area (Å²) in [7, 11) is -3.00. The number of rotatable bonds is 4. The summed E-state index contributed by atoms with van der Waals surface area (Å²) in [6, 6.07) is 5.98. The molecule has 1 aliphatic heterocycles. The second-order valence-electron chi connectivity index (χ2n) is 9.92. The van der Waals surface area contributed by atoms with Crippen molar-refractivity contribution in [1.29, 1.82) is 0 Å². The van der Waals surface area contributed by atoms with Crippen LogP contribution in [0.1, 0.15) is 74.0 Å². The van der Waals surface area contributed by atoms with Crippen LogP contribution in [0.3, 0.4) is 0 Å². The van der Waals surface area contributed by atoms with E-state index in [-0.39, 0.29) is 34.4 Å². The lowest BCUT2D eigenvalue weighted by Gasteiger charge is -2.23. The van der Waals surface area contributed by atoms with Gasteiger partial charge in [0, 0.05) is 17.6 Å². The molecule has 3 N–H and O–H groups in total. The molecule has 2 aromatic rings. The number of nitrogens with two attached hydrogens (primary N) is 1. The van der Waals surface area contributed by atoms with Crippen LogP contribution in [0, 0.1) is 5.92 Å². The molecule has 2 aliphatic rings. The highest BCUT2D eigenvalue weighted by molar-refractivity contribution is 7.91. The van der Waals surface area contributed by atoms with E-state index in [1.807, 2.05) is 0 Å². The van der Waals surface area contributed by atoms with Crippen LogP contribution < -0.4 is 11.1 Å². The first-order valence-corrected chi connectivity index (χ1v) is 12.6. The number of benzene rings is 1. The molecule has 162 valence electrons. The van der Waals surface area contributed by atoms with Crippen molar-refractivity contribution in [2.45, 2.75) is 57.8 Å². The molecular weight excluding hydrogens is 398 g/mol. The minimum Gasteiger partial charge on any atom is -0.398 e. The molecule has 30 heavy (non-hydrogen) atoms. The average Bonchev–Trinajstić information content (AvgIpc) is 3.49. The maximum atomic E-state index is 12.8. The number of hydrogen-bond donors (Lipinski definition) is 2. The number of nitrogen functional groups attached to an aromatic ring is 1. The van der Waals surface area contributed by atoms with Gasteiger partial charge in [-0.15, -0.1) is 0 Å². The first kappa shape index (κ1) is 21.1. The standard InChI is InChI=1S/C23H31N3O3S/c1-23(2,3)18-10-16(15-6-7-15)9-17-19(24)11-20(26-21(17)18)22(27)25-12-14-5-4-8-30(28,29)13-14/h9-11,14-15H,4-8,12-13H2,1-3H3,(H2,24,26)(H,25,27)/t14-/m0/s1. The van der Waals surface area contributed by atoms with E-state index in [0.29, 0.717) is 24.6 Å². The fourth-order valence-electron chi connectivity index (χ4n) is 4.32. The first-order valence-electron chi connectivity index (χ1n) is 10.8. The van der Waals surface area contributed by atoms with Gasteiger partial charge in [-0.25, -0.2) is 13.4 Å². The molecule has 0 bridgehead atoms. The number of sulfone groups is 1. The predicted molar refractivity (Wildman–Crippen MR) is 121 cm³/mol. The van der Waals surface area contributed by atoms with E-state index in [0.717, 1.165) is 22.9 Å². The number of nitrogens with zero attached hydrogens (tertiary/aromatic N) is 1. The smallest absolute Gasteiger partial charge is 0.269 e. The van der Waals surface area contributed by atoms with Crippen molar-refractivity contribution in [2.75, 3.05) is 23.8 Å². The summed E-state index contributed by atoms with van der Waals surface area (Å²) in [5.74, 6) is 0.635. The zero-order valence-electron chi connectivity index (χ0n) is 18.0. The van der Waals surface area contributed by atoms with Crippen LogP contribution in [0.25, 0.3) is 10.9 Å². The molecule has 2 fully saturated rings. The molecule has 6 nitrogen and oxygen atoms in total. The number of aromatic nitrogens is 1. The number of carbonyl (C=O) groups excluding carboxylic acids is 1. The third-order valence-electron chi connectivity index (χ3n) is 6.17. The predicted octanol–water partition coefficient (Wildman–Crippen LogP) is 3.55. The number of anilines is 1. The molecule has 1 saturated heterocycles. The molecule has 0 unspecified atom stereocenters. The third-order valence-corrected chi connectivity index (χ3v) is 8.06. The fraction of sp³-hybridized carbons (Fsp3) is 0.565. The molecule has 2 heterocycles. The van der Waals surface area contributed by atoms with Crippen LogP contribution >= 0.6 is 0 Å². The molecule has 4 rings (SSSR count). The topological polar surface area (TPSA) is 102 Å². The van der Waals surface area contributed by atoms with Crippen LogP contribution in [0.4, 0.5) is 5.69 Å². The maximum absolute atomic E-state index is 12.8. The molecule has 1 aromatic carbocycles. The summed E-state index contributed by atoms with van der Waals surface area (Å²) in [6.07, 6.45) is 3.88. The number of nitrogens with one attached hydrogen (secondary N) is 1. The highest BCUT2D eigenvalue weighted by Crippen LogP contribution is 2.44. The second kappa shape index (κ2) is 7.52. The van der Waals surface area contributed by atoms with Gasteiger partial charge in [-0.3, -0.25) is 4.79 Å². The molecule has 0 radical (unpaired) electrons. The van der Waals surface area contributed by atoms with E-state index in [9.17, 15) is 13.2 Å². The first-order chi connectivity index (χ1) is 14.0. The minimum absolute atomic E-state index is 0.0447. The van der Waals surface area contributed by atoms with Gasteiger partial charge in [-0.1, -0.05) is 26.8 Å². The monoisotopic (exact) mass is 429 g/mol. The maximum Gasteiger partial charge on any atom is 0.269 e. The van der Waals surface area contributed by atoms with Crippen LogP contribution in [-0.2, 0) is 15.3 Å². The average molecular weight is 430 g/mol. The Labute approximate surface area is 178 Å². The highest BCUT2D eigenvalue weighted by atomic mass is 32.2. The Kier molecular flexibility index (Phi) is 5.29. The Morgan fingerprint density at radius 2 is 1.93 bits per heavy atom. The number of pyridine rings is 1. The summed E-state index contributed by atoms with van der Waals surface area (Å²) in [4.78, 5) is 17.5. The van der Waals surface area contributed by atoms with Gasteiger partial charge in [-0.05, 0) is 66.2 Å². The van der Waals surface area contributed by atoms with E-state index in [1.165, 1.54) is 18.4 Å². The number of amides is 1. The Bertz CT molecular complexity index is 1100. The SMILES string of the molecule is CC(C)(C)c1cc(C2CC2)cc2c(N)cc(C(=O)NC[C@@H]3CCCS(=O)(=O)C3)nc12. The van der Waals surface area contributed by atoms with Gasteiger partial charge in [0.1, 0.15) is 5.69 Å². The van der Waals surface area contributed by atoms with Crippen molar-refractivity contribution in [3.63, 3.8) is 0 Å². The second-order valence-corrected chi connectivity index (χ2v) is 12.1. The van der Waals surface area contributed by atoms with Gasteiger partial charge in [0.15, 0.2) is 9.84 Å². The lowest BCUT2D eigenvalue weighted by atomic mass is 9.83. The Morgan fingerprint density at radius 3 is 2.57 bits per heavy atom. The molecule has 0 spiro atoms. The molecule has 1 aliphatic carbocycles. The summed E-state index contributed by atoms with van der Waals surface area (Å²) in [5.41, 5.74) is 10.3. The van der Waals surface area contributed by atoms with E-state index >= 15 is 0 Å². The summed E-state index contributed by atoms with van der Waals surface area (Å²) < 4.78 is 23.7. The number of carbonyl (C=O) groups is 1. The molecule has 1 amide bonds. The quantitative estimate of drug-likeness (QED) is 0.774. The van der Waals surface area contributed by atoms with Gasteiger partial charge in [0.05, 0.1) is 17.0 Å². The van der Waals surface area contributed by atoms with Crippen molar-refractivity contribution in [1.82, 2.24) is 10.3 Å². The van der Waals surface area contributed by atoms with Crippen molar-refractivity contribution < 1.29 is 13.2 Å². The number of fused-ring (bicyclic) bond motifs is 1. The Hall–Kier alpha value is -2.15. The summed E-state index contributed by atoms with van der Waals surface area (Å²) in [6.45, 7) is 6.77. The Balaban J connectivity index is 1.63. The van der Waals surface area contributed by atoms with Gasteiger partial charge in [0.2, 0.25) is 0 Å². The van der Waals surface area contributed by atoms with Gasteiger partial charge >= 0.3 is 0 Å². The minimum atomic E-state index is -3.00. The number of hydrogen-bond acceptors (Lipinski definition) is 5. The van der Waals surface area contributed by atoms with Crippen LogP contribution in [0.5, 0.6) is 0 Å². The van der Waals surface area contributed by atoms with Crippen LogP contribution in [0.2, 0.25) is 0 Å². The molecule has 1 aromatic heterocycles. The van der Waals surface area contributed by atoms with Crippen molar-refractivity contribution in [3.8, 4) is 0 Å². The van der Waals surface area contributed by atoms with Crippen molar-refractivity contribution in [3.05, 3.63) is 35.0 Å². The normalized spacial score (nSPS) is 21.5. The van der Waals surface area contributed by atoms with E-state index in [1.54, 1.807) is 6.07 Å². The van der Waals surface area contributed by atoms with Gasteiger partial charge < -0.3 is 11.1 Å². The summed E-state index contributed by atoms with van der Waals surface area (Å²) in [5, 5.41) is 3.78. The van der Waals surface area contributed by atoms with Crippen LogP contribution in [0.15, 0.2) is 18.2 Å². The molecule has 7 heteroatoms. The van der Waals surface area contributed by atoms with E-state index < -0.39 is 9.84 Å². The van der Waals surface area contributed by atoms with Crippen molar-refractivity contribution in [2.24, 2.45) is 5.92 Å². The zero-order chi connectivity index (χ0) is 21.7. The zero-order valence-corrected chi connectivity index (χ0v) is 18.8.